The van der Waals surface area contributed by atoms with Crippen LogP contribution in [-0.4, -0.2) is 23.7 Å². The van der Waals surface area contributed by atoms with Crippen LogP contribution >= 0.6 is 0 Å². The Balaban J connectivity index is 0.734. The average Bonchev–Trinajstić information content (AvgIpc) is 1.62. The van der Waals surface area contributed by atoms with E-state index in [1.807, 2.05) is 0 Å². The van der Waals surface area contributed by atoms with Crippen LogP contribution in [0.2, 0.25) is 0 Å². The van der Waals surface area contributed by atoms with E-state index in [2.05, 4.69) is 308 Å². The van der Waals surface area contributed by atoms with Crippen molar-refractivity contribution in [3.63, 3.8) is 0 Å². The zero-order chi connectivity index (χ0) is 60.2. The van der Waals surface area contributed by atoms with Gasteiger partial charge in [-0.3, -0.25) is 0 Å². The Morgan fingerprint density at radius 2 is 0.659 bits per heavy atom. The van der Waals surface area contributed by atoms with Crippen LogP contribution in [-0.2, 0) is 10.8 Å². The number of fused-ring (bicyclic) bond motifs is 18. The summed E-state index contributed by atoms with van der Waals surface area (Å²) >= 11 is 0. The summed E-state index contributed by atoms with van der Waals surface area (Å²) in [5, 5.41) is 9.80. The molecule has 5 heteroatoms. The number of aromatic nitrogens is 5. The maximum Gasteiger partial charge on any atom is 0.116 e. The highest BCUT2D eigenvalue weighted by Crippen LogP contribution is 2.53. The van der Waals surface area contributed by atoms with Gasteiger partial charge in [0.05, 0.1) is 44.5 Å². The first-order valence-corrected chi connectivity index (χ1v) is 31.8. The van der Waals surface area contributed by atoms with Crippen LogP contribution in [0.1, 0.15) is 49.9 Å². The number of para-hydroxylation sites is 2. The van der Waals surface area contributed by atoms with E-state index in [4.69, 9.17) is 9.97 Å². The van der Waals surface area contributed by atoms with E-state index in [9.17, 15) is 0 Å². The maximum absolute atomic E-state index is 5.01. The van der Waals surface area contributed by atoms with Crippen molar-refractivity contribution in [3.8, 4) is 95.2 Å². The Hall–Kier alpha value is -11.4. The van der Waals surface area contributed by atoms with Crippen LogP contribution in [0.4, 0.5) is 0 Å². The molecule has 13 aromatic carbocycles. The summed E-state index contributed by atoms with van der Waals surface area (Å²) in [6, 6.07) is 100. The van der Waals surface area contributed by atoms with Crippen molar-refractivity contribution in [1.82, 2.24) is 23.7 Å². The topological polar surface area (TPSA) is 40.6 Å². The van der Waals surface area contributed by atoms with Crippen LogP contribution in [0.3, 0.4) is 0 Å². The fourth-order valence-corrected chi connectivity index (χ4v) is 16.8. The zero-order valence-corrected chi connectivity index (χ0v) is 50.7. The molecular formula is C86H57N5. The first-order valence-electron chi connectivity index (χ1n) is 31.8. The van der Waals surface area contributed by atoms with Gasteiger partial charge in [0.15, 0.2) is 0 Å². The molecule has 4 aromatic heterocycles. The van der Waals surface area contributed by atoms with Crippen molar-refractivity contribution in [2.24, 2.45) is 0 Å². The van der Waals surface area contributed by atoms with Crippen molar-refractivity contribution in [1.29, 1.82) is 0 Å². The first-order chi connectivity index (χ1) is 44.6. The summed E-state index contributed by atoms with van der Waals surface area (Å²) in [5.74, 6) is 0. The van der Waals surface area contributed by atoms with Gasteiger partial charge in [0.1, 0.15) is 6.33 Å². The lowest BCUT2D eigenvalue weighted by Crippen LogP contribution is -2.15. The maximum atomic E-state index is 5.01. The number of nitrogens with zero attached hydrogens (tertiary/aromatic N) is 5. The summed E-state index contributed by atoms with van der Waals surface area (Å²) in [7, 11) is 0. The minimum Gasteiger partial charge on any atom is -0.309 e. The minimum atomic E-state index is -0.143. The number of benzene rings is 13. The smallest absolute Gasteiger partial charge is 0.116 e. The molecule has 17 aromatic rings. The molecule has 5 nitrogen and oxygen atoms in total. The minimum absolute atomic E-state index is 0.102. The van der Waals surface area contributed by atoms with Gasteiger partial charge in [0.2, 0.25) is 0 Å². The molecule has 0 N–H and O–H groups in total. The van der Waals surface area contributed by atoms with Gasteiger partial charge in [-0.05, 0) is 180 Å². The second kappa shape index (κ2) is 18.1. The summed E-state index contributed by atoms with van der Waals surface area (Å²) in [6.07, 6.45) is 1.73. The average molecular weight is 1160 g/mol. The molecule has 4 heterocycles. The number of hydrogen-bond acceptors (Lipinski definition) is 2. The standard InChI is InChI=1S/C86H57N5/c1-85(2)71-26-9-5-20-59(71)61-36-34-57(47-73(61)85)90-76-29-12-8-23-64(76)68-44-52(31-39-78(68)90)54-33-41-80-70(46-54)69-45-53(32-40-79(69)91(80)58-35-37-62-60-21-6-10-27-72(60)86(3,4)74(62)48-58)51-30-38-77-67(43-51)63-22-7-11-28-75(63)89(77)56-19-13-18-55(42-56)83-82-65-24-14-16-50-17-15-25-66(81(50)65)84(82)88-49-87-83/h5-49H,1-4H3. The fourth-order valence-electron chi connectivity index (χ4n) is 16.8. The fraction of sp³-hybridized carbons (Fsp3) is 0.0698. The Kier molecular flexibility index (Phi) is 10.1. The normalized spacial score (nSPS) is 13.9. The monoisotopic (exact) mass is 1160 g/mol. The first kappa shape index (κ1) is 50.6. The molecule has 20 rings (SSSR count). The molecule has 0 aliphatic heterocycles. The number of hydrogen-bond donors (Lipinski definition) is 0. The molecule has 0 fully saturated rings. The molecule has 3 aliphatic rings. The highest BCUT2D eigenvalue weighted by molar-refractivity contribution is 6.18. The lowest BCUT2D eigenvalue weighted by atomic mass is 9.82. The van der Waals surface area contributed by atoms with Crippen LogP contribution in [0.5, 0.6) is 0 Å². The van der Waals surface area contributed by atoms with Crippen molar-refractivity contribution >= 4 is 76.2 Å². The van der Waals surface area contributed by atoms with Crippen molar-refractivity contribution in [2.45, 2.75) is 38.5 Å². The van der Waals surface area contributed by atoms with E-state index in [0.29, 0.717) is 0 Å². The SMILES string of the molecule is CC1(C)c2ccccc2-c2ccc(-n3c4ccccc4c4cc(-c5ccc6c(c5)c5cc(-c7ccc8c(c7)c7ccccc7n8-c7cccc(-c8ncnc9c8-c8cccc%10cccc-9c8%10)c7)ccc5n6-c5ccc6c(c5)C(C)(C)c5ccccc5-6)ccc43)cc21. The Bertz CT molecular complexity index is 6090. The molecule has 91 heavy (non-hydrogen) atoms. The molecule has 0 bridgehead atoms. The van der Waals surface area contributed by atoms with E-state index in [-0.39, 0.29) is 10.8 Å². The van der Waals surface area contributed by atoms with E-state index in [1.165, 1.54) is 149 Å². The molecule has 0 unspecified atom stereocenters. The summed E-state index contributed by atoms with van der Waals surface area (Å²) < 4.78 is 7.40. The van der Waals surface area contributed by atoms with E-state index in [0.717, 1.165) is 44.9 Å². The van der Waals surface area contributed by atoms with Crippen molar-refractivity contribution in [2.75, 3.05) is 0 Å². The third-order valence-electron chi connectivity index (χ3n) is 21.1. The third-order valence-corrected chi connectivity index (χ3v) is 21.1. The third kappa shape index (κ3) is 6.90. The lowest BCUT2D eigenvalue weighted by Gasteiger charge is -2.22. The highest BCUT2D eigenvalue weighted by atomic mass is 15.0. The molecule has 0 atom stereocenters. The molecule has 0 amide bonds. The summed E-state index contributed by atoms with van der Waals surface area (Å²) in [4.78, 5) is 9.89. The van der Waals surface area contributed by atoms with Gasteiger partial charge < -0.3 is 13.7 Å². The quantitative estimate of drug-likeness (QED) is 0.166. The predicted molar refractivity (Wildman–Crippen MR) is 378 cm³/mol. The van der Waals surface area contributed by atoms with Gasteiger partial charge in [-0.15, -0.1) is 0 Å². The van der Waals surface area contributed by atoms with Gasteiger partial charge in [0.25, 0.3) is 0 Å². The van der Waals surface area contributed by atoms with Gasteiger partial charge in [0, 0.05) is 76.9 Å². The highest BCUT2D eigenvalue weighted by Gasteiger charge is 2.37. The molecule has 0 radical (unpaired) electrons. The lowest BCUT2D eigenvalue weighted by molar-refractivity contribution is 0.660. The van der Waals surface area contributed by atoms with E-state index < -0.39 is 0 Å². The predicted octanol–water partition coefficient (Wildman–Crippen LogP) is 22.2. The van der Waals surface area contributed by atoms with Crippen LogP contribution < -0.4 is 0 Å². The van der Waals surface area contributed by atoms with Crippen LogP contribution in [0.25, 0.3) is 171 Å². The molecule has 426 valence electrons. The molecular weight excluding hydrogens is 1100 g/mol. The van der Waals surface area contributed by atoms with E-state index in [1.54, 1.807) is 6.33 Å². The Morgan fingerprint density at radius 3 is 1.18 bits per heavy atom. The Morgan fingerprint density at radius 1 is 0.264 bits per heavy atom. The van der Waals surface area contributed by atoms with Gasteiger partial charge in [-0.1, -0.05) is 198 Å². The molecule has 0 spiro atoms. The second-order valence-corrected chi connectivity index (χ2v) is 26.5. The number of rotatable bonds is 6. The van der Waals surface area contributed by atoms with Crippen molar-refractivity contribution in [3.05, 3.63) is 296 Å². The molecule has 3 aliphatic carbocycles. The molecule has 0 saturated heterocycles. The summed E-state index contributed by atoms with van der Waals surface area (Å²) in [6.45, 7) is 9.49. The van der Waals surface area contributed by atoms with Crippen LogP contribution in [0.15, 0.2) is 273 Å². The summed E-state index contributed by atoms with van der Waals surface area (Å²) in [5.41, 5.74) is 32.2. The van der Waals surface area contributed by atoms with Gasteiger partial charge in [-0.2, -0.15) is 0 Å². The van der Waals surface area contributed by atoms with E-state index >= 15 is 0 Å². The van der Waals surface area contributed by atoms with Crippen LogP contribution in [0, 0.1) is 0 Å². The van der Waals surface area contributed by atoms with Gasteiger partial charge in [-0.25, -0.2) is 9.97 Å². The second-order valence-electron chi connectivity index (χ2n) is 26.5. The van der Waals surface area contributed by atoms with Gasteiger partial charge >= 0.3 is 0 Å². The molecule has 0 saturated carbocycles. The Labute approximate surface area is 526 Å². The zero-order valence-electron chi connectivity index (χ0n) is 50.7. The van der Waals surface area contributed by atoms with Crippen molar-refractivity contribution < 1.29 is 0 Å². The largest absolute Gasteiger partial charge is 0.309 e.